The summed E-state index contributed by atoms with van der Waals surface area (Å²) in [5.41, 5.74) is 0.823. The average molecular weight is 410 g/mol. The molecule has 0 bridgehead atoms. The van der Waals surface area contributed by atoms with Crippen LogP contribution >= 0.6 is 0 Å². The Morgan fingerprint density at radius 1 is 0.900 bits per heavy atom. The number of benzene rings is 2. The fourth-order valence-corrected chi connectivity index (χ4v) is 2.58. The van der Waals surface area contributed by atoms with Crippen molar-refractivity contribution in [3.8, 4) is 11.5 Å². The van der Waals surface area contributed by atoms with Crippen molar-refractivity contribution in [1.29, 1.82) is 0 Å². The Labute approximate surface area is 171 Å². The zero-order valence-electron chi connectivity index (χ0n) is 16.0. The highest BCUT2D eigenvalue weighted by molar-refractivity contribution is 6.31. The number of methoxy groups -OCH3 is 1. The van der Waals surface area contributed by atoms with E-state index < -0.39 is 23.8 Å². The molecule has 0 unspecified atom stereocenters. The second-order valence-electron chi connectivity index (χ2n) is 6.08. The SMILES string of the molecule is COC(=O)c1cccc(OCCOc2ccc(C=C3C(=O)NC(=O)NC3=O)cc2)c1. The Kier molecular flexibility index (Phi) is 6.43. The van der Waals surface area contributed by atoms with Crippen molar-refractivity contribution in [2.24, 2.45) is 0 Å². The molecule has 0 aliphatic carbocycles. The van der Waals surface area contributed by atoms with Gasteiger partial charge in [-0.2, -0.15) is 0 Å². The summed E-state index contributed by atoms with van der Waals surface area (Å²) >= 11 is 0. The number of imide groups is 2. The number of esters is 1. The van der Waals surface area contributed by atoms with E-state index in [1.807, 2.05) is 10.6 Å². The lowest BCUT2D eigenvalue weighted by molar-refractivity contribution is -0.123. The maximum Gasteiger partial charge on any atom is 0.337 e. The molecule has 154 valence electrons. The van der Waals surface area contributed by atoms with Crippen molar-refractivity contribution in [3.63, 3.8) is 0 Å². The first-order valence-electron chi connectivity index (χ1n) is 8.88. The molecule has 2 aromatic carbocycles. The summed E-state index contributed by atoms with van der Waals surface area (Å²) in [6.07, 6.45) is 1.37. The number of hydrogen-bond donors (Lipinski definition) is 2. The van der Waals surface area contributed by atoms with E-state index in [2.05, 4.69) is 4.74 Å². The van der Waals surface area contributed by atoms with Crippen molar-refractivity contribution >= 4 is 29.9 Å². The summed E-state index contributed by atoms with van der Waals surface area (Å²) in [7, 11) is 1.31. The van der Waals surface area contributed by atoms with Crippen LogP contribution in [0.4, 0.5) is 4.79 Å². The Balaban J connectivity index is 1.51. The van der Waals surface area contributed by atoms with Crippen molar-refractivity contribution in [1.82, 2.24) is 10.6 Å². The summed E-state index contributed by atoms with van der Waals surface area (Å²) < 4.78 is 15.8. The molecule has 9 heteroatoms. The van der Waals surface area contributed by atoms with Crippen LogP contribution in [0, 0.1) is 0 Å². The molecule has 2 aromatic rings. The minimum Gasteiger partial charge on any atom is -0.490 e. The van der Waals surface area contributed by atoms with Gasteiger partial charge in [-0.3, -0.25) is 20.2 Å². The third-order valence-corrected chi connectivity index (χ3v) is 4.01. The standard InChI is InChI=1S/C21H18N2O7/c1-28-20(26)14-3-2-4-16(12-14)30-10-9-29-15-7-5-13(6-8-15)11-17-18(24)22-21(27)23-19(17)25/h2-8,11-12H,9-10H2,1H3,(H2,22,23,24,25,27). The molecule has 0 radical (unpaired) electrons. The molecule has 1 saturated heterocycles. The Hall–Kier alpha value is -4.14. The molecule has 0 atom stereocenters. The van der Waals surface area contributed by atoms with Crippen LogP contribution in [-0.2, 0) is 14.3 Å². The van der Waals surface area contributed by atoms with Crippen LogP contribution in [0.25, 0.3) is 6.08 Å². The van der Waals surface area contributed by atoms with Crippen LogP contribution in [0.3, 0.4) is 0 Å². The molecule has 0 saturated carbocycles. The van der Waals surface area contributed by atoms with Gasteiger partial charge in [0.15, 0.2) is 0 Å². The van der Waals surface area contributed by atoms with Gasteiger partial charge in [0.25, 0.3) is 11.8 Å². The van der Waals surface area contributed by atoms with Crippen molar-refractivity contribution in [3.05, 3.63) is 65.2 Å². The first-order valence-corrected chi connectivity index (χ1v) is 8.88. The third kappa shape index (κ3) is 5.22. The van der Waals surface area contributed by atoms with Crippen LogP contribution in [-0.4, -0.2) is 44.1 Å². The minimum absolute atomic E-state index is 0.161. The van der Waals surface area contributed by atoms with Gasteiger partial charge in [-0.25, -0.2) is 9.59 Å². The summed E-state index contributed by atoms with van der Waals surface area (Å²) in [5.74, 6) is -0.862. The lowest BCUT2D eigenvalue weighted by Crippen LogP contribution is -2.51. The highest BCUT2D eigenvalue weighted by Crippen LogP contribution is 2.17. The maximum atomic E-state index is 11.7. The van der Waals surface area contributed by atoms with Gasteiger partial charge in [-0.15, -0.1) is 0 Å². The van der Waals surface area contributed by atoms with Crippen LogP contribution in [0.5, 0.6) is 11.5 Å². The predicted molar refractivity (Wildman–Crippen MR) is 105 cm³/mol. The third-order valence-electron chi connectivity index (χ3n) is 4.01. The molecule has 1 fully saturated rings. The summed E-state index contributed by atoms with van der Waals surface area (Å²) in [6.45, 7) is 0.514. The van der Waals surface area contributed by atoms with Crippen molar-refractivity contribution in [2.45, 2.75) is 0 Å². The number of barbiturate groups is 1. The topological polar surface area (TPSA) is 120 Å². The van der Waals surface area contributed by atoms with Gasteiger partial charge in [0.2, 0.25) is 0 Å². The molecular weight excluding hydrogens is 392 g/mol. The molecule has 30 heavy (non-hydrogen) atoms. The van der Waals surface area contributed by atoms with Crippen LogP contribution < -0.4 is 20.1 Å². The maximum absolute atomic E-state index is 11.7. The molecular formula is C21H18N2O7. The molecule has 9 nitrogen and oxygen atoms in total. The second kappa shape index (κ2) is 9.37. The lowest BCUT2D eigenvalue weighted by atomic mass is 10.1. The first-order chi connectivity index (χ1) is 14.5. The number of carbonyl (C=O) groups excluding carboxylic acids is 4. The Morgan fingerprint density at radius 2 is 1.53 bits per heavy atom. The van der Waals surface area contributed by atoms with E-state index in [-0.39, 0.29) is 18.8 Å². The van der Waals surface area contributed by atoms with Gasteiger partial charge in [-0.05, 0) is 42.0 Å². The lowest BCUT2D eigenvalue weighted by Gasteiger charge is -2.14. The van der Waals surface area contributed by atoms with Gasteiger partial charge in [0, 0.05) is 0 Å². The number of amides is 4. The number of ether oxygens (including phenoxy) is 3. The minimum atomic E-state index is -0.842. The number of rotatable bonds is 7. The molecule has 2 N–H and O–H groups in total. The largest absolute Gasteiger partial charge is 0.490 e. The van der Waals surface area contributed by atoms with Gasteiger partial charge in [0.05, 0.1) is 12.7 Å². The molecule has 1 heterocycles. The molecule has 3 rings (SSSR count). The van der Waals surface area contributed by atoms with E-state index in [0.717, 1.165) is 0 Å². The highest BCUT2D eigenvalue weighted by Gasteiger charge is 2.27. The monoisotopic (exact) mass is 410 g/mol. The van der Waals surface area contributed by atoms with Gasteiger partial charge < -0.3 is 14.2 Å². The summed E-state index contributed by atoms with van der Waals surface area (Å²) in [5, 5.41) is 4.02. The zero-order valence-corrected chi connectivity index (χ0v) is 16.0. The molecule has 0 aromatic heterocycles. The molecule has 4 amide bonds. The zero-order chi connectivity index (χ0) is 21.5. The van der Waals surface area contributed by atoms with Crippen molar-refractivity contribution in [2.75, 3.05) is 20.3 Å². The van der Waals surface area contributed by atoms with Gasteiger partial charge in [-0.1, -0.05) is 18.2 Å². The normalized spacial score (nSPS) is 13.2. The van der Waals surface area contributed by atoms with E-state index >= 15 is 0 Å². The van der Waals surface area contributed by atoms with Crippen LogP contribution in [0.2, 0.25) is 0 Å². The van der Waals surface area contributed by atoms with Crippen LogP contribution in [0.1, 0.15) is 15.9 Å². The van der Waals surface area contributed by atoms with Gasteiger partial charge >= 0.3 is 12.0 Å². The van der Waals surface area contributed by atoms with Gasteiger partial charge in [0.1, 0.15) is 30.3 Å². The fraction of sp³-hybridized carbons (Fsp3) is 0.143. The molecule has 0 spiro atoms. The second-order valence-corrected chi connectivity index (χ2v) is 6.08. The smallest absolute Gasteiger partial charge is 0.337 e. The number of hydrogen-bond acceptors (Lipinski definition) is 7. The number of carbonyl (C=O) groups is 4. The number of nitrogens with one attached hydrogen (secondary N) is 2. The van der Waals surface area contributed by atoms with E-state index in [1.165, 1.54) is 13.2 Å². The number of urea groups is 1. The highest BCUT2D eigenvalue weighted by atomic mass is 16.5. The fourth-order valence-electron chi connectivity index (χ4n) is 2.58. The average Bonchev–Trinajstić information content (AvgIpc) is 2.74. The summed E-state index contributed by atoms with van der Waals surface area (Å²) in [6, 6.07) is 12.5. The first kappa shape index (κ1) is 20.6. The Bertz CT molecular complexity index is 990. The quantitative estimate of drug-likeness (QED) is 0.308. The van der Waals surface area contributed by atoms with Crippen LogP contribution in [0.15, 0.2) is 54.1 Å². The molecule has 1 aliphatic heterocycles. The van der Waals surface area contributed by atoms with E-state index in [9.17, 15) is 19.2 Å². The predicted octanol–water partition coefficient (Wildman–Crippen LogP) is 1.68. The van der Waals surface area contributed by atoms with E-state index in [1.54, 1.807) is 48.5 Å². The molecule has 1 aliphatic rings. The van der Waals surface area contributed by atoms with E-state index in [0.29, 0.717) is 22.6 Å². The Morgan fingerprint density at radius 3 is 2.17 bits per heavy atom. The summed E-state index contributed by atoms with van der Waals surface area (Å²) in [4.78, 5) is 46.0. The van der Waals surface area contributed by atoms with E-state index in [4.69, 9.17) is 9.47 Å². The van der Waals surface area contributed by atoms with Crippen molar-refractivity contribution < 1.29 is 33.4 Å².